The molecule has 11 heteroatoms. The molecule has 40 heavy (non-hydrogen) atoms. The summed E-state index contributed by atoms with van der Waals surface area (Å²) in [5.41, 5.74) is 4.52. The van der Waals surface area contributed by atoms with E-state index in [0.29, 0.717) is 16.5 Å². The number of nitrogens with two attached hydrogens (primary N) is 1. The van der Waals surface area contributed by atoms with Crippen LogP contribution in [0.5, 0.6) is 0 Å². The maximum absolute atomic E-state index is 14.1. The van der Waals surface area contributed by atoms with Crippen molar-refractivity contribution < 1.29 is 22.8 Å². The van der Waals surface area contributed by atoms with Gasteiger partial charge < -0.3 is 11.1 Å². The molecule has 5 rings (SSSR count). The summed E-state index contributed by atoms with van der Waals surface area (Å²) in [7, 11) is 0. The van der Waals surface area contributed by atoms with Crippen LogP contribution in [0.15, 0.2) is 85.2 Å². The molecule has 0 radical (unpaired) electrons. The molecular weight excluding hydrogens is 564 g/mol. The van der Waals surface area contributed by atoms with Crippen LogP contribution in [0.4, 0.5) is 19.0 Å². The largest absolute Gasteiger partial charge is 0.417 e. The van der Waals surface area contributed by atoms with Crippen molar-refractivity contribution >= 4 is 51.7 Å². The summed E-state index contributed by atoms with van der Waals surface area (Å²) in [4.78, 5) is 33.9. The molecule has 0 aliphatic heterocycles. The van der Waals surface area contributed by atoms with Gasteiger partial charge in [-0.1, -0.05) is 53.5 Å². The Morgan fingerprint density at radius 1 is 0.875 bits per heavy atom. The van der Waals surface area contributed by atoms with Crippen LogP contribution < -0.4 is 11.1 Å². The summed E-state index contributed by atoms with van der Waals surface area (Å²) in [6.07, 6.45) is -1.77. The summed E-state index contributed by atoms with van der Waals surface area (Å²) in [5.74, 6) is -1.49. The third-order valence-corrected chi connectivity index (χ3v) is 6.86. The Morgan fingerprint density at radius 3 is 2.33 bits per heavy atom. The third-order valence-electron chi connectivity index (χ3n) is 6.15. The van der Waals surface area contributed by atoms with Crippen LogP contribution in [0.25, 0.3) is 33.2 Å². The molecule has 0 fully saturated rings. The second kappa shape index (κ2) is 10.6. The number of fused-ring (bicyclic) bond motifs is 1. The molecule has 2 aromatic heterocycles. The minimum absolute atomic E-state index is 0.0627. The highest BCUT2D eigenvalue weighted by Crippen LogP contribution is 2.47. The van der Waals surface area contributed by atoms with Crippen LogP contribution in [0.3, 0.4) is 0 Å². The van der Waals surface area contributed by atoms with Gasteiger partial charge in [0.1, 0.15) is 5.82 Å². The number of hydrogen-bond acceptors (Lipinski definition) is 4. The molecule has 0 saturated heterocycles. The molecule has 2 amide bonds. The number of amides is 2. The normalized spacial score (nSPS) is 11.4. The van der Waals surface area contributed by atoms with Gasteiger partial charge in [-0.05, 0) is 42.5 Å². The number of aromatic nitrogens is 2. The first kappa shape index (κ1) is 27.1. The zero-order chi connectivity index (χ0) is 28.6. The van der Waals surface area contributed by atoms with Crippen molar-refractivity contribution in [2.24, 2.45) is 5.73 Å². The maximum Gasteiger partial charge on any atom is 0.417 e. The Bertz CT molecular complexity index is 1790. The van der Waals surface area contributed by atoms with Crippen molar-refractivity contribution in [1.29, 1.82) is 0 Å². The first-order chi connectivity index (χ1) is 19.1. The Morgan fingerprint density at radius 2 is 1.62 bits per heavy atom. The van der Waals surface area contributed by atoms with Crippen molar-refractivity contribution in [3.63, 3.8) is 0 Å². The Labute approximate surface area is 235 Å². The lowest BCUT2D eigenvalue weighted by molar-refractivity contribution is -0.137. The first-order valence-electron chi connectivity index (χ1n) is 11.7. The van der Waals surface area contributed by atoms with Gasteiger partial charge in [-0.2, -0.15) is 13.2 Å². The molecule has 5 aromatic rings. The Balaban J connectivity index is 1.78. The standard InChI is InChI=1S/C29H17Cl2F3N4O2/c30-21-10-9-17(23-18(26(35)39)7-4-8-20(23)29(32,33)34)25(31)24(21)19-13-16-14-36-12-11-22(16)37-27(19)38-28(40)15-5-2-1-3-6-15/h1-14H,(H2,35,39)(H,37,38,40). The maximum atomic E-state index is 14.1. The predicted octanol–water partition coefficient (Wildman–Crippen LogP) is 7.64. The van der Waals surface area contributed by atoms with E-state index in [-0.39, 0.29) is 38.1 Å². The number of primary amides is 1. The summed E-state index contributed by atoms with van der Waals surface area (Å²) >= 11 is 13.4. The van der Waals surface area contributed by atoms with Crippen LogP contribution in [0.2, 0.25) is 10.0 Å². The molecule has 0 saturated carbocycles. The van der Waals surface area contributed by atoms with E-state index >= 15 is 0 Å². The van der Waals surface area contributed by atoms with Gasteiger partial charge in [-0.25, -0.2) is 4.98 Å². The second-order valence-electron chi connectivity index (χ2n) is 8.65. The number of nitrogens with one attached hydrogen (secondary N) is 1. The highest BCUT2D eigenvalue weighted by molar-refractivity contribution is 6.41. The van der Waals surface area contributed by atoms with Gasteiger partial charge in [0.15, 0.2) is 0 Å². The first-order valence-corrected chi connectivity index (χ1v) is 12.4. The minimum Gasteiger partial charge on any atom is -0.366 e. The molecule has 0 spiro atoms. The monoisotopic (exact) mass is 580 g/mol. The fraction of sp³-hybridized carbons (Fsp3) is 0.0345. The molecule has 6 nitrogen and oxygen atoms in total. The van der Waals surface area contributed by atoms with Crippen molar-refractivity contribution in [2.45, 2.75) is 6.18 Å². The van der Waals surface area contributed by atoms with E-state index in [2.05, 4.69) is 15.3 Å². The van der Waals surface area contributed by atoms with Crippen LogP contribution in [-0.4, -0.2) is 21.8 Å². The van der Waals surface area contributed by atoms with Crippen LogP contribution >= 0.6 is 23.2 Å². The quantitative estimate of drug-likeness (QED) is 0.223. The number of anilines is 1. The molecule has 0 bridgehead atoms. The summed E-state index contributed by atoms with van der Waals surface area (Å²) in [5, 5.41) is 3.18. The van der Waals surface area contributed by atoms with Crippen molar-refractivity contribution in [1.82, 2.24) is 9.97 Å². The van der Waals surface area contributed by atoms with Crippen LogP contribution in [0, 0.1) is 0 Å². The summed E-state index contributed by atoms with van der Waals surface area (Å²) < 4.78 is 42.2. The Hall–Kier alpha value is -4.47. The van der Waals surface area contributed by atoms with Gasteiger partial charge in [-0.3, -0.25) is 14.6 Å². The molecule has 3 aromatic carbocycles. The number of pyridine rings is 2. The van der Waals surface area contributed by atoms with Crippen LogP contribution in [0.1, 0.15) is 26.3 Å². The van der Waals surface area contributed by atoms with E-state index < -0.39 is 29.1 Å². The zero-order valence-corrected chi connectivity index (χ0v) is 21.8. The van der Waals surface area contributed by atoms with Crippen molar-refractivity contribution in [3.05, 3.63) is 112 Å². The number of carbonyl (C=O) groups is 2. The van der Waals surface area contributed by atoms with Gasteiger partial charge in [0, 0.05) is 51.2 Å². The van der Waals surface area contributed by atoms with Crippen LogP contribution in [-0.2, 0) is 6.18 Å². The molecule has 2 heterocycles. The topological polar surface area (TPSA) is 98.0 Å². The van der Waals surface area contributed by atoms with E-state index in [9.17, 15) is 22.8 Å². The number of rotatable bonds is 5. The van der Waals surface area contributed by atoms with Gasteiger partial charge in [0.2, 0.25) is 5.91 Å². The number of carbonyl (C=O) groups excluding carboxylic acids is 2. The fourth-order valence-corrected chi connectivity index (χ4v) is 5.02. The SMILES string of the molecule is NC(=O)c1cccc(C(F)(F)F)c1-c1ccc(Cl)c(-c2cc3cnccc3nc2NC(=O)c2ccccc2)c1Cl. The van der Waals surface area contributed by atoms with Gasteiger partial charge in [-0.15, -0.1) is 0 Å². The van der Waals surface area contributed by atoms with E-state index in [1.165, 1.54) is 30.6 Å². The molecule has 200 valence electrons. The summed E-state index contributed by atoms with van der Waals surface area (Å²) in [6.45, 7) is 0. The second-order valence-corrected chi connectivity index (χ2v) is 9.43. The highest BCUT2D eigenvalue weighted by atomic mass is 35.5. The fourth-order valence-electron chi connectivity index (χ4n) is 4.35. The predicted molar refractivity (Wildman–Crippen MR) is 148 cm³/mol. The zero-order valence-electron chi connectivity index (χ0n) is 20.3. The van der Waals surface area contributed by atoms with Crippen molar-refractivity contribution in [2.75, 3.05) is 5.32 Å². The smallest absolute Gasteiger partial charge is 0.366 e. The third kappa shape index (κ3) is 5.09. The lowest BCUT2D eigenvalue weighted by atomic mass is 9.91. The van der Waals surface area contributed by atoms with Crippen molar-refractivity contribution in [3.8, 4) is 22.3 Å². The van der Waals surface area contributed by atoms with E-state index in [1.807, 2.05) is 0 Å². The Kier molecular flexibility index (Phi) is 7.18. The van der Waals surface area contributed by atoms with Gasteiger partial charge in [0.05, 0.1) is 21.1 Å². The number of benzene rings is 3. The number of alkyl halides is 3. The molecule has 3 N–H and O–H groups in total. The average Bonchev–Trinajstić information content (AvgIpc) is 2.93. The van der Waals surface area contributed by atoms with E-state index in [1.54, 1.807) is 42.5 Å². The molecule has 0 atom stereocenters. The molecular formula is C29H17Cl2F3N4O2. The van der Waals surface area contributed by atoms with E-state index in [0.717, 1.165) is 12.1 Å². The number of halogens is 5. The lowest BCUT2D eigenvalue weighted by Gasteiger charge is -2.20. The average molecular weight is 581 g/mol. The molecule has 0 unspecified atom stereocenters. The lowest BCUT2D eigenvalue weighted by Crippen LogP contribution is -2.16. The van der Waals surface area contributed by atoms with Gasteiger partial charge in [0.25, 0.3) is 5.91 Å². The minimum atomic E-state index is -4.82. The number of nitrogens with zero attached hydrogens (tertiary/aromatic N) is 2. The molecule has 0 aliphatic carbocycles. The van der Waals surface area contributed by atoms with E-state index in [4.69, 9.17) is 28.9 Å². The van der Waals surface area contributed by atoms with Gasteiger partial charge >= 0.3 is 6.18 Å². The number of hydrogen-bond donors (Lipinski definition) is 2. The highest BCUT2D eigenvalue weighted by Gasteiger charge is 2.36. The molecule has 0 aliphatic rings. The summed E-state index contributed by atoms with van der Waals surface area (Å²) in [6, 6.07) is 17.4.